The van der Waals surface area contributed by atoms with Gasteiger partial charge in [-0.15, -0.1) is 0 Å². The SMILES string of the molecule is CNC(=O)c1ccccc1C1CCN(CCN2C(=O)COc3ccccc32)CC1. The quantitative estimate of drug-likeness (QED) is 0.848. The van der Waals surface area contributed by atoms with Crippen molar-refractivity contribution in [2.75, 3.05) is 44.7 Å². The van der Waals surface area contributed by atoms with Crippen molar-refractivity contribution >= 4 is 17.5 Å². The van der Waals surface area contributed by atoms with Gasteiger partial charge in [-0.3, -0.25) is 9.59 Å². The first-order valence-corrected chi connectivity index (χ1v) is 10.2. The maximum atomic E-state index is 12.3. The highest BCUT2D eigenvalue weighted by Crippen LogP contribution is 2.32. The predicted molar refractivity (Wildman–Crippen MR) is 113 cm³/mol. The maximum absolute atomic E-state index is 12.3. The Morgan fingerprint density at radius 1 is 1.07 bits per heavy atom. The molecule has 0 bridgehead atoms. The average molecular weight is 393 g/mol. The average Bonchev–Trinajstić information content (AvgIpc) is 2.78. The summed E-state index contributed by atoms with van der Waals surface area (Å²) in [7, 11) is 1.67. The second kappa shape index (κ2) is 8.66. The molecule has 2 heterocycles. The Morgan fingerprint density at radius 2 is 1.79 bits per heavy atom. The van der Waals surface area contributed by atoms with Crippen LogP contribution in [0.15, 0.2) is 48.5 Å². The Bertz CT molecular complexity index is 890. The van der Waals surface area contributed by atoms with Gasteiger partial charge in [-0.05, 0) is 55.6 Å². The fraction of sp³-hybridized carbons (Fsp3) is 0.391. The first kappa shape index (κ1) is 19.5. The van der Waals surface area contributed by atoms with Gasteiger partial charge in [0.05, 0.1) is 5.69 Å². The third kappa shape index (κ3) is 4.12. The van der Waals surface area contributed by atoms with Gasteiger partial charge in [0, 0.05) is 25.7 Å². The van der Waals surface area contributed by atoms with Crippen LogP contribution in [0, 0.1) is 0 Å². The molecule has 0 saturated carbocycles. The molecule has 2 aliphatic heterocycles. The standard InChI is InChI=1S/C23H27N3O3/c1-24-23(28)19-7-3-2-6-18(19)17-10-12-25(13-11-17)14-15-26-20-8-4-5-9-21(20)29-16-22(26)27/h2-9,17H,10-16H2,1H3,(H,24,28). The lowest BCUT2D eigenvalue weighted by molar-refractivity contribution is -0.121. The molecule has 152 valence electrons. The van der Waals surface area contributed by atoms with E-state index in [0.29, 0.717) is 12.5 Å². The van der Waals surface area contributed by atoms with Crippen molar-refractivity contribution in [3.8, 4) is 5.75 Å². The van der Waals surface area contributed by atoms with Crippen LogP contribution >= 0.6 is 0 Å². The fourth-order valence-electron chi connectivity index (χ4n) is 4.30. The summed E-state index contributed by atoms with van der Waals surface area (Å²) in [6, 6.07) is 15.6. The third-order valence-corrected chi connectivity index (χ3v) is 5.91. The molecule has 0 spiro atoms. The van der Waals surface area contributed by atoms with Crippen LogP contribution in [0.2, 0.25) is 0 Å². The maximum Gasteiger partial charge on any atom is 0.265 e. The molecule has 2 aromatic carbocycles. The predicted octanol–water partition coefficient (Wildman–Crippen LogP) is 2.65. The van der Waals surface area contributed by atoms with E-state index in [1.54, 1.807) is 7.05 Å². The van der Waals surface area contributed by atoms with Crippen LogP contribution in [0.5, 0.6) is 5.75 Å². The third-order valence-electron chi connectivity index (χ3n) is 5.91. The molecular formula is C23H27N3O3. The highest BCUT2D eigenvalue weighted by molar-refractivity contribution is 5.97. The normalized spacial score (nSPS) is 17.6. The summed E-state index contributed by atoms with van der Waals surface area (Å²) in [6.07, 6.45) is 2.03. The number of likely N-dealkylation sites (tertiary alicyclic amines) is 1. The molecule has 4 rings (SSSR count). The molecule has 1 saturated heterocycles. The second-order valence-corrected chi connectivity index (χ2v) is 7.58. The largest absolute Gasteiger partial charge is 0.482 e. The van der Waals surface area contributed by atoms with E-state index in [2.05, 4.69) is 16.3 Å². The lowest BCUT2D eigenvalue weighted by atomic mass is 9.86. The Morgan fingerprint density at radius 3 is 2.59 bits per heavy atom. The smallest absolute Gasteiger partial charge is 0.265 e. The van der Waals surface area contributed by atoms with Crippen molar-refractivity contribution < 1.29 is 14.3 Å². The van der Waals surface area contributed by atoms with Crippen LogP contribution in [0.25, 0.3) is 0 Å². The number of amides is 2. The van der Waals surface area contributed by atoms with E-state index in [1.807, 2.05) is 47.4 Å². The number of benzene rings is 2. The Hall–Kier alpha value is -2.86. The van der Waals surface area contributed by atoms with Crippen molar-refractivity contribution in [3.05, 3.63) is 59.7 Å². The van der Waals surface area contributed by atoms with Crippen LogP contribution in [-0.2, 0) is 4.79 Å². The summed E-state index contributed by atoms with van der Waals surface area (Å²) in [5.74, 6) is 1.16. The van der Waals surface area contributed by atoms with Gasteiger partial charge < -0.3 is 19.9 Å². The molecule has 6 heteroatoms. The van der Waals surface area contributed by atoms with Gasteiger partial charge in [0.15, 0.2) is 6.61 Å². The zero-order valence-corrected chi connectivity index (χ0v) is 16.8. The first-order valence-electron chi connectivity index (χ1n) is 10.2. The number of nitrogens with zero attached hydrogens (tertiary/aromatic N) is 2. The molecule has 29 heavy (non-hydrogen) atoms. The number of carbonyl (C=O) groups excluding carboxylic acids is 2. The van der Waals surface area contributed by atoms with E-state index in [-0.39, 0.29) is 18.4 Å². The second-order valence-electron chi connectivity index (χ2n) is 7.58. The molecule has 2 aromatic rings. The van der Waals surface area contributed by atoms with Crippen LogP contribution < -0.4 is 15.0 Å². The van der Waals surface area contributed by atoms with Gasteiger partial charge >= 0.3 is 0 Å². The minimum Gasteiger partial charge on any atom is -0.482 e. The van der Waals surface area contributed by atoms with Crippen LogP contribution in [-0.4, -0.2) is 56.5 Å². The van der Waals surface area contributed by atoms with Gasteiger partial charge in [-0.25, -0.2) is 0 Å². The van der Waals surface area contributed by atoms with Crippen LogP contribution in [0.4, 0.5) is 5.69 Å². The van der Waals surface area contributed by atoms with E-state index in [4.69, 9.17) is 4.74 Å². The van der Waals surface area contributed by atoms with Gasteiger partial charge in [0.25, 0.3) is 11.8 Å². The van der Waals surface area contributed by atoms with Gasteiger partial charge in [0.1, 0.15) is 5.75 Å². The molecule has 1 N–H and O–H groups in total. The molecule has 0 aliphatic carbocycles. The summed E-state index contributed by atoms with van der Waals surface area (Å²) in [6.45, 7) is 3.54. The highest BCUT2D eigenvalue weighted by Gasteiger charge is 2.27. The number of rotatable bonds is 5. The number of ether oxygens (including phenoxy) is 1. The van der Waals surface area contributed by atoms with E-state index in [0.717, 1.165) is 55.0 Å². The Labute approximate surface area is 171 Å². The topological polar surface area (TPSA) is 61.9 Å². The van der Waals surface area contributed by atoms with Crippen LogP contribution in [0.1, 0.15) is 34.7 Å². The summed E-state index contributed by atoms with van der Waals surface area (Å²) in [4.78, 5) is 28.8. The zero-order chi connectivity index (χ0) is 20.2. The zero-order valence-electron chi connectivity index (χ0n) is 16.8. The Kier molecular flexibility index (Phi) is 5.81. The molecule has 0 atom stereocenters. The number of piperidine rings is 1. The lowest BCUT2D eigenvalue weighted by Gasteiger charge is -2.35. The van der Waals surface area contributed by atoms with Crippen molar-refractivity contribution in [3.63, 3.8) is 0 Å². The molecule has 6 nitrogen and oxygen atoms in total. The Balaban J connectivity index is 1.36. The van der Waals surface area contributed by atoms with Crippen molar-refractivity contribution in [2.24, 2.45) is 0 Å². The summed E-state index contributed by atoms with van der Waals surface area (Å²) in [5.41, 5.74) is 2.78. The van der Waals surface area contributed by atoms with Gasteiger partial charge in [-0.2, -0.15) is 0 Å². The van der Waals surface area contributed by atoms with E-state index in [1.165, 1.54) is 0 Å². The van der Waals surface area contributed by atoms with Crippen molar-refractivity contribution in [1.29, 1.82) is 0 Å². The summed E-state index contributed by atoms with van der Waals surface area (Å²) < 4.78 is 5.52. The molecular weight excluding hydrogens is 366 g/mol. The number of fused-ring (bicyclic) bond motifs is 1. The number of hydrogen-bond donors (Lipinski definition) is 1. The number of para-hydroxylation sites is 2. The number of anilines is 1. The van der Waals surface area contributed by atoms with Crippen molar-refractivity contribution in [1.82, 2.24) is 10.2 Å². The van der Waals surface area contributed by atoms with Gasteiger partial charge in [-0.1, -0.05) is 30.3 Å². The van der Waals surface area contributed by atoms with Crippen molar-refractivity contribution in [2.45, 2.75) is 18.8 Å². The van der Waals surface area contributed by atoms with E-state index in [9.17, 15) is 9.59 Å². The molecule has 0 radical (unpaired) electrons. The lowest BCUT2D eigenvalue weighted by Crippen LogP contribution is -2.45. The summed E-state index contributed by atoms with van der Waals surface area (Å²) >= 11 is 0. The van der Waals surface area contributed by atoms with Gasteiger partial charge in [0.2, 0.25) is 0 Å². The van der Waals surface area contributed by atoms with E-state index >= 15 is 0 Å². The minimum atomic E-state index is -0.0208. The monoisotopic (exact) mass is 393 g/mol. The number of hydrogen-bond acceptors (Lipinski definition) is 4. The van der Waals surface area contributed by atoms with Crippen LogP contribution in [0.3, 0.4) is 0 Å². The minimum absolute atomic E-state index is 0.0121. The molecule has 1 fully saturated rings. The van der Waals surface area contributed by atoms with E-state index < -0.39 is 0 Å². The fourth-order valence-corrected chi connectivity index (χ4v) is 4.30. The number of nitrogens with one attached hydrogen (secondary N) is 1. The highest BCUT2D eigenvalue weighted by atomic mass is 16.5. The molecule has 2 amide bonds. The molecule has 2 aliphatic rings. The molecule has 0 aromatic heterocycles. The summed E-state index contributed by atoms with van der Waals surface area (Å²) in [5, 5.41) is 2.74. The first-order chi connectivity index (χ1) is 14.2. The number of carbonyl (C=O) groups is 2. The molecule has 0 unspecified atom stereocenters.